The van der Waals surface area contributed by atoms with Crippen molar-refractivity contribution in [1.82, 2.24) is 10.9 Å². The Hall–Kier alpha value is -2.67. The largest absolute Gasteiger partial charge is 0.454 e. The number of thioether (sulfide) groups is 1. The molecule has 0 aliphatic carbocycles. The van der Waals surface area contributed by atoms with Crippen molar-refractivity contribution in [1.29, 1.82) is 0 Å². The predicted molar refractivity (Wildman–Crippen MR) is 89.9 cm³/mol. The molecule has 0 spiro atoms. The second-order valence-corrected chi connectivity index (χ2v) is 6.50. The van der Waals surface area contributed by atoms with Crippen LogP contribution in [0, 0.1) is 0 Å². The first-order chi connectivity index (χ1) is 11.6. The summed E-state index contributed by atoms with van der Waals surface area (Å²) in [5.74, 6) is 0.418. The molecule has 0 fully saturated rings. The first-order valence-electron chi connectivity index (χ1n) is 7.35. The number of hydrogen-bond acceptors (Lipinski definition) is 5. The first kappa shape index (κ1) is 16.2. The average Bonchev–Trinajstić information content (AvgIpc) is 3.07. The Balaban J connectivity index is 1.53. The first-order valence-corrected chi connectivity index (χ1v) is 8.23. The van der Waals surface area contributed by atoms with E-state index < -0.39 is 5.91 Å². The van der Waals surface area contributed by atoms with Gasteiger partial charge in [0.1, 0.15) is 0 Å². The van der Waals surface area contributed by atoms with Gasteiger partial charge >= 0.3 is 0 Å². The van der Waals surface area contributed by atoms with Gasteiger partial charge in [-0.15, -0.1) is 11.8 Å². The van der Waals surface area contributed by atoms with Gasteiger partial charge in [-0.2, -0.15) is 0 Å². The van der Waals surface area contributed by atoms with Gasteiger partial charge in [-0.05, 0) is 37.3 Å². The Labute approximate surface area is 143 Å². The van der Waals surface area contributed by atoms with Gasteiger partial charge in [0.05, 0.1) is 5.25 Å². The molecule has 6 nitrogen and oxygen atoms in total. The number of carbonyl (C=O) groups is 2. The fourth-order valence-corrected chi connectivity index (χ4v) is 2.98. The maximum atomic E-state index is 12.1. The van der Waals surface area contributed by atoms with Crippen molar-refractivity contribution in [2.45, 2.75) is 17.1 Å². The lowest BCUT2D eigenvalue weighted by Crippen LogP contribution is -2.44. The summed E-state index contributed by atoms with van der Waals surface area (Å²) in [6, 6.07) is 14.4. The molecule has 1 atom stereocenters. The van der Waals surface area contributed by atoms with Crippen LogP contribution >= 0.6 is 11.8 Å². The van der Waals surface area contributed by atoms with Gasteiger partial charge in [-0.25, -0.2) is 0 Å². The Kier molecular flexibility index (Phi) is 4.90. The predicted octanol–water partition coefficient (Wildman–Crippen LogP) is 2.36. The Bertz CT molecular complexity index is 752. The summed E-state index contributed by atoms with van der Waals surface area (Å²) >= 11 is 1.42. The second-order valence-electron chi connectivity index (χ2n) is 5.08. The van der Waals surface area contributed by atoms with Gasteiger partial charge in [0.25, 0.3) is 11.8 Å². The highest BCUT2D eigenvalue weighted by Gasteiger charge is 2.18. The van der Waals surface area contributed by atoms with E-state index in [2.05, 4.69) is 10.9 Å². The van der Waals surface area contributed by atoms with Gasteiger partial charge < -0.3 is 9.47 Å². The molecule has 2 N–H and O–H groups in total. The van der Waals surface area contributed by atoms with Crippen LogP contribution in [0.15, 0.2) is 53.4 Å². The summed E-state index contributed by atoms with van der Waals surface area (Å²) in [6.07, 6.45) is 0. The molecule has 2 amide bonds. The van der Waals surface area contributed by atoms with E-state index in [1.165, 1.54) is 11.8 Å². The van der Waals surface area contributed by atoms with E-state index >= 15 is 0 Å². The number of benzene rings is 2. The van der Waals surface area contributed by atoms with Crippen LogP contribution in [-0.4, -0.2) is 23.9 Å². The highest BCUT2D eigenvalue weighted by Crippen LogP contribution is 2.32. The van der Waals surface area contributed by atoms with Crippen molar-refractivity contribution in [3.63, 3.8) is 0 Å². The lowest BCUT2D eigenvalue weighted by atomic mass is 10.2. The fraction of sp³-hybridized carbons (Fsp3) is 0.176. The smallest absolute Gasteiger partial charge is 0.269 e. The van der Waals surface area contributed by atoms with E-state index in [-0.39, 0.29) is 18.0 Å². The highest BCUT2D eigenvalue weighted by molar-refractivity contribution is 8.00. The Morgan fingerprint density at radius 1 is 1.04 bits per heavy atom. The van der Waals surface area contributed by atoms with Gasteiger partial charge in [0.2, 0.25) is 6.79 Å². The molecule has 124 valence electrons. The number of nitrogens with one attached hydrogen (secondary N) is 2. The van der Waals surface area contributed by atoms with Crippen LogP contribution in [0.25, 0.3) is 0 Å². The maximum Gasteiger partial charge on any atom is 0.269 e. The van der Waals surface area contributed by atoms with Gasteiger partial charge in [0, 0.05) is 10.5 Å². The lowest BCUT2D eigenvalue weighted by Gasteiger charge is -2.13. The number of amides is 2. The van der Waals surface area contributed by atoms with Crippen molar-refractivity contribution in [2.24, 2.45) is 0 Å². The van der Waals surface area contributed by atoms with E-state index in [1.807, 2.05) is 30.3 Å². The summed E-state index contributed by atoms with van der Waals surface area (Å²) in [7, 11) is 0. The molecule has 7 heteroatoms. The fourth-order valence-electron chi connectivity index (χ4n) is 2.09. The number of rotatable bonds is 4. The molecular weight excluding hydrogens is 328 g/mol. The molecule has 0 radical (unpaired) electrons. The monoisotopic (exact) mass is 344 g/mol. The maximum absolute atomic E-state index is 12.1. The Morgan fingerprint density at radius 2 is 1.79 bits per heavy atom. The zero-order valence-corrected chi connectivity index (χ0v) is 13.8. The third-order valence-electron chi connectivity index (χ3n) is 3.36. The van der Waals surface area contributed by atoms with E-state index in [1.54, 1.807) is 25.1 Å². The minimum Gasteiger partial charge on any atom is -0.454 e. The molecule has 1 aliphatic rings. The second kappa shape index (κ2) is 7.27. The molecule has 1 heterocycles. The zero-order valence-electron chi connectivity index (χ0n) is 12.9. The van der Waals surface area contributed by atoms with Crippen LogP contribution in [0.3, 0.4) is 0 Å². The molecule has 2 aromatic rings. The molecule has 0 aromatic heterocycles. The topological polar surface area (TPSA) is 76.7 Å². The minimum atomic E-state index is -0.418. The third kappa shape index (κ3) is 3.80. The van der Waals surface area contributed by atoms with Crippen molar-refractivity contribution < 1.29 is 19.1 Å². The number of hydrazine groups is 1. The van der Waals surface area contributed by atoms with Crippen molar-refractivity contribution in [2.75, 3.05) is 6.79 Å². The van der Waals surface area contributed by atoms with Crippen LogP contribution in [0.4, 0.5) is 0 Å². The van der Waals surface area contributed by atoms with Gasteiger partial charge in [-0.3, -0.25) is 20.4 Å². The molecule has 24 heavy (non-hydrogen) atoms. The summed E-state index contributed by atoms with van der Waals surface area (Å²) < 4.78 is 10.4. The van der Waals surface area contributed by atoms with E-state index in [9.17, 15) is 9.59 Å². The standard InChI is InChI=1S/C17H16N2O4S/c1-11(24-13-5-3-2-4-6-13)16(20)18-19-17(21)12-7-8-14-15(9-12)23-10-22-14/h2-9,11H,10H2,1H3,(H,18,20)(H,19,21)/t11-/m0/s1. The van der Waals surface area contributed by atoms with Crippen LogP contribution in [-0.2, 0) is 4.79 Å². The van der Waals surface area contributed by atoms with Gasteiger partial charge in [0.15, 0.2) is 11.5 Å². The summed E-state index contributed by atoms with van der Waals surface area (Å²) in [5, 5.41) is -0.343. The molecule has 0 bridgehead atoms. The molecule has 2 aromatic carbocycles. The number of ether oxygens (including phenoxy) is 2. The Morgan fingerprint density at radius 3 is 2.58 bits per heavy atom. The summed E-state index contributed by atoms with van der Waals surface area (Å²) in [4.78, 5) is 25.2. The van der Waals surface area contributed by atoms with Crippen molar-refractivity contribution in [3.8, 4) is 11.5 Å². The van der Waals surface area contributed by atoms with Crippen molar-refractivity contribution >= 4 is 23.6 Å². The quantitative estimate of drug-likeness (QED) is 0.658. The average molecular weight is 344 g/mol. The van der Waals surface area contributed by atoms with Gasteiger partial charge in [-0.1, -0.05) is 18.2 Å². The third-order valence-corrected chi connectivity index (χ3v) is 4.47. The molecule has 3 rings (SSSR count). The molecule has 0 saturated carbocycles. The van der Waals surface area contributed by atoms with Crippen LogP contribution in [0.2, 0.25) is 0 Å². The van der Waals surface area contributed by atoms with E-state index in [4.69, 9.17) is 9.47 Å². The van der Waals surface area contributed by atoms with Crippen LogP contribution < -0.4 is 20.3 Å². The van der Waals surface area contributed by atoms with Crippen LogP contribution in [0.5, 0.6) is 11.5 Å². The lowest BCUT2D eigenvalue weighted by molar-refractivity contribution is -0.121. The summed E-state index contributed by atoms with van der Waals surface area (Å²) in [6.45, 7) is 1.92. The summed E-state index contributed by atoms with van der Waals surface area (Å²) in [5.41, 5.74) is 5.22. The molecule has 1 aliphatic heterocycles. The van der Waals surface area contributed by atoms with Crippen molar-refractivity contribution in [3.05, 3.63) is 54.1 Å². The molecule has 0 saturated heterocycles. The van der Waals surface area contributed by atoms with E-state index in [0.29, 0.717) is 17.1 Å². The van der Waals surface area contributed by atoms with Crippen LogP contribution in [0.1, 0.15) is 17.3 Å². The number of fused-ring (bicyclic) bond motifs is 1. The molecule has 0 unspecified atom stereocenters. The SMILES string of the molecule is C[C@H](Sc1ccccc1)C(=O)NNC(=O)c1ccc2c(c1)OCO2. The number of hydrogen-bond donors (Lipinski definition) is 2. The minimum absolute atomic E-state index is 0.144. The molecular formula is C17H16N2O4S. The highest BCUT2D eigenvalue weighted by atomic mass is 32.2. The number of carbonyl (C=O) groups excluding carboxylic acids is 2. The zero-order chi connectivity index (χ0) is 16.9. The normalized spacial score (nSPS) is 13.2. The van der Waals surface area contributed by atoms with E-state index in [0.717, 1.165) is 4.90 Å².